The van der Waals surface area contributed by atoms with Gasteiger partial charge in [0, 0.05) is 12.4 Å². The Balaban J connectivity index is 1.99. The Hall–Kier alpha value is -0.780. The van der Waals surface area contributed by atoms with Gasteiger partial charge in [-0.05, 0) is 48.9 Å². The maximum Gasteiger partial charge on any atom is 0.240 e. The molecule has 1 saturated carbocycles. The van der Waals surface area contributed by atoms with Crippen LogP contribution in [0.1, 0.15) is 19.3 Å². The molecule has 0 heterocycles. The average molecular weight is 318 g/mol. The van der Waals surface area contributed by atoms with Crippen molar-refractivity contribution in [3.8, 4) is 5.75 Å². The van der Waals surface area contributed by atoms with Crippen molar-refractivity contribution in [2.45, 2.75) is 24.2 Å². The number of methoxy groups -OCH3 is 1. The van der Waals surface area contributed by atoms with Crippen LogP contribution in [0.15, 0.2) is 29.2 Å². The second-order valence-corrected chi connectivity index (χ2v) is 7.21. The van der Waals surface area contributed by atoms with Gasteiger partial charge in [0.15, 0.2) is 0 Å². The summed E-state index contributed by atoms with van der Waals surface area (Å²) < 4.78 is 32.1. The average Bonchev–Trinajstić information content (AvgIpc) is 2.93. The van der Waals surface area contributed by atoms with Crippen LogP contribution in [0.5, 0.6) is 5.75 Å². The molecule has 6 heteroatoms. The van der Waals surface area contributed by atoms with Crippen molar-refractivity contribution in [2.75, 3.05) is 19.5 Å². The van der Waals surface area contributed by atoms with E-state index in [1.54, 1.807) is 31.4 Å². The van der Waals surface area contributed by atoms with Crippen molar-refractivity contribution >= 4 is 21.6 Å². The van der Waals surface area contributed by atoms with Gasteiger partial charge in [0.05, 0.1) is 12.0 Å². The normalized spacial score (nSPS) is 22.9. The summed E-state index contributed by atoms with van der Waals surface area (Å²) in [6, 6.07) is 6.39. The highest BCUT2D eigenvalue weighted by Gasteiger charge is 2.27. The second kappa shape index (κ2) is 6.78. The molecule has 0 aliphatic heterocycles. The summed E-state index contributed by atoms with van der Waals surface area (Å²) in [4.78, 5) is 0.263. The molecule has 0 aromatic heterocycles. The van der Waals surface area contributed by atoms with Crippen molar-refractivity contribution in [3.63, 3.8) is 0 Å². The van der Waals surface area contributed by atoms with Gasteiger partial charge < -0.3 is 4.74 Å². The van der Waals surface area contributed by atoms with Gasteiger partial charge in [-0.25, -0.2) is 13.1 Å². The van der Waals surface area contributed by atoms with Gasteiger partial charge in [0.2, 0.25) is 10.0 Å². The molecule has 2 rings (SSSR count). The maximum atomic E-state index is 12.2. The molecule has 20 heavy (non-hydrogen) atoms. The van der Waals surface area contributed by atoms with Crippen molar-refractivity contribution in [1.82, 2.24) is 4.72 Å². The predicted molar refractivity (Wildman–Crippen MR) is 79.7 cm³/mol. The third-order valence-corrected chi connectivity index (χ3v) is 5.76. The first-order valence-corrected chi connectivity index (χ1v) is 8.78. The molecule has 1 aromatic carbocycles. The van der Waals surface area contributed by atoms with E-state index in [0.29, 0.717) is 30.0 Å². The second-order valence-electron chi connectivity index (χ2n) is 5.13. The highest BCUT2D eigenvalue weighted by molar-refractivity contribution is 7.89. The van der Waals surface area contributed by atoms with Crippen LogP contribution in [0.3, 0.4) is 0 Å². The number of rotatable bonds is 6. The fourth-order valence-corrected chi connectivity index (χ4v) is 4.14. The van der Waals surface area contributed by atoms with E-state index in [1.165, 1.54) is 0 Å². The quantitative estimate of drug-likeness (QED) is 0.821. The number of nitrogens with one attached hydrogen (secondary N) is 1. The summed E-state index contributed by atoms with van der Waals surface area (Å²) in [6.45, 7) is 0.464. The zero-order valence-corrected chi connectivity index (χ0v) is 13.1. The van der Waals surface area contributed by atoms with Crippen molar-refractivity contribution in [2.24, 2.45) is 11.8 Å². The Labute approximate surface area is 125 Å². The molecule has 2 atom stereocenters. The highest BCUT2D eigenvalue weighted by Crippen LogP contribution is 2.32. The van der Waals surface area contributed by atoms with Crippen LogP contribution >= 0.6 is 11.6 Å². The van der Waals surface area contributed by atoms with E-state index in [4.69, 9.17) is 16.3 Å². The van der Waals surface area contributed by atoms with Crippen LogP contribution in [-0.4, -0.2) is 28.0 Å². The molecule has 0 radical (unpaired) electrons. The van der Waals surface area contributed by atoms with E-state index in [1.807, 2.05) is 0 Å². The molecule has 1 aliphatic rings. The molecule has 0 bridgehead atoms. The summed E-state index contributed by atoms with van der Waals surface area (Å²) in [5.41, 5.74) is 0. The zero-order chi connectivity index (χ0) is 14.6. The van der Waals surface area contributed by atoms with Gasteiger partial charge in [-0.15, -0.1) is 11.6 Å². The molecule has 2 unspecified atom stereocenters. The molecule has 1 aliphatic carbocycles. The first kappa shape index (κ1) is 15.6. The topological polar surface area (TPSA) is 55.4 Å². The number of ether oxygens (including phenoxy) is 1. The molecular formula is C14H20ClNO3S. The zero-order valence-electron chi connectivity index (χ0n) is 11.5. The van der Waals surface area contributed by atoms with Crippen molar-refractivity contribution < 1.29 is 13.2 Å². The molecule has 0 saturated heterocycles. The lowest BCUT2D eigenvalue weighted by Crippen LogP contribution is -2.31. The first-order valence-electron chi connectivity index (χ1n) is 6.76. The Morgan fingerprint density at radius 3 is 2.50 bits per heavy atom. The van der Waals surface area contributed by atoms with Crippen LogP contribution in [0.25, 0.3) is 0 Å². The molecule has 0 amide bonds. The van der Waals surface area contributed by atoms with Crippen LogP contribution in [0.2, 0.25) is 0 Å². The summed E-state index contributed by atoms with van der Waals surface area (Å²) in [5, 5.41) is 0. The molecule has 1 aromatic rings. The molecule has 112 valence electrons. The predicted octanol–water partition coefficient (Wildman–Crippen LogP) is 2.63. The van der Waals surface area contributed by atoms with Gasteiger partial charge in [-0.3, -0.25) is 0 Å². The monoisotopic (exact) mass is 317 g/mol. The standard InChI is InChI=1S/C14H20ClNO3S/c1-19-13-5-7-14(8-6-13)20(17,18)16-10-12-4-2-3-11(12)9-15/h5-8,11-12,16H,2-4,9-10H2,1H3. The first-order chi connectivity index (χ1) is 9.56. The minimum Gasteiger partial charge on any atom is -0.497 e. The number of alkyl halides is 1. The lowest BCUT2D eigenvalue weighted by Gasteiger charge is -2.17. The summed E-state index contributed by atoms with van der Waals surface area (Å²) in [5.74, 6) is 2.02. The lowest BCUT2D eigenvalue weighted by molar-refractivity contribution is 0.414. The maximum absolute atomic E-state index is 12.2. The Morgan fingerprint density at radius 1 is 1.25 bits per heavy atom. The van der Waals surface area contributed by atoms with E-state index in [0.717, 1.165) is 19.3 Å². The van der Waals surface area contributed by atoms with Gasteiger partial charge in [-0.2, -0.15) is 0 Å². The number of halogens is 1. The smallest absolute Gasteiger partial charge is 0.240 e. The number of benzene rings is 1. The molecule has 1 fully saturated rings. The Morgan fingerprint density at radius 2 is 1.90 bits per heavy atom. The van der Waals surface area contributed by atoms with Crippen LogP contribution in [-0.2, 0) is 10.0 Å². The fraction of sp³-hybridized carbons (Fsp3) is 0.571. The summed E-state index contributed by atoms with van der Waals surface area (Å²) in [6.07, 6.45) is 3.27. The Kier molecular flexibility index (Phi) is 5.29. The molecule has 0 spiro atoms. The number of sulfonamides is 1. The Bertz CT molecular complexity index is 530. The highest BCUT2D eigenvalue weighted by atomic mass is 35.5. The summed E-state index contributed by atoms with van der Waals surface area (Å²) in [7, 11) is -1.90. The van der Waals surface area contributed by atoms with Crippen molar-refractivity contribution in [1.29, 1.82) is 0 Å². The van der Waals surface area contributed by atoms with Crippen LogP contribution in [0, 0.1) is 11.8 Å². The lowest BCUT2D eigenvalue weighted by atomic mass is 9.98. The van der Waals surface area contributed by atoms with Crippen molar-refractivity contribution in [3.05, 3.63) is 24.3 Å². The third kappa shape index (κ3) is 3.65. The van der Waals surface area contributed by atoms with Crippen LogP contribution in [0.4, 0.5) is 0 Å². The van der Waals surface area contributed by atoms with E-state index in [2.05, 4.69) is 4.72 Å². The van der Waals surface area contributed by atoms with Gasteiger partial charge in [0.1, 0.15) is 5.75 Å². The number of hydrogen-bond donors (Lipinski definition) is 1. The van der Waals surface area contributed by atoms with E-state index >= 15 is 0 Å². The minimum absolute atomic E-state index is 0.263. The summed E-state index contributed by atoms with van der Waals surface area (Å²) >= 11 is 5.91. The van der Waals surface area contributed by atoms with Gasteiger partial charge in [-0.1, -0.05) is 6.42 Å². The minimum atomic E-state index is -3.45. The largest absolute Gasteiger partial charge is 0.497 e. The number of hydrogen-bond acceptors (Lipinski definition) is 3. The van der Waals surface area contributed by atoms with Gasteiger partial charge >= 0.3 is 0 Å². The third-order valence-electron chi connectivity index (χ3n) is 3.92. The SMILES string of the molecule is COc1ccc(S(=O)(=O)NCC2CCCC2CCl)cc1. The van der Waals surface area contributed by atoms with Gasteiger partial charge in [0.25, 0.3) is 0 Å². The van der Waals surface area contributed by atoms with E-state index < -0.39 is 10.0 Å². The molecule has 1 N–H and O–H groups in total. The fourth-order valence-electron chi connectivity index (χ4n) is 2.64. The molecular weight excluding hydrogens is 298 g/mol. The molecule has 4 nitrogen and oxygen atoms in total. The van der Waals surface area contributed by atoms with E-state index in [-0.39, 0.29) is 4.90 Å². The van der Waals surface area contributed by atoms with E-state index in [9.17, 15) is 8.42 Å². The van der Waals surface area contributed by atoms with Crippen LogP contribution < -0.4 is 9.46 Å².